The predicted molar refractivity (Wildman–Crippen MR) is 37.9 cm³/mol. The van der Waals surface area contributed by atoms with Crippen molar-refractivity contribution in [1.82, 2.24) is 0 Å². The molecule has 0 fully saturated rings. The van der Waals surface area contributed by atoms with Crippen LogP contribution in [0, 0.1) is 15.3 Å². The van der Waals surface area contributed by atoms with Crippen molar-refractivity contribution in [1.29, 1.82) is 0 Å². The molecule has 0 atom stereocenters. The van der Waals surface area contributed by atoms with Gasteiger partial charge in [-0.05, 0) is 18.2 Å². The highest BCUT2D eigenvalue weighted by Crippen LogP contribution is 2.11. The Morgan fingerprint density at radius 3 is 1.21 bits per heavy atom. The van der Waals surface area contributed by atoms with Gasteiger partial charge < -0.3 is 15.3 Å². The third-order valence-electron chi connectivity index (χ3n) is 0.143. The van der Waals surface area contributed by atoms with Crippen molar-refractivity contribution in [2.45, 2.75) is 0 Å². The van der Waals surface area contributed by atoms with Gasteiger partial charge in [-0.3, -0.25) is 0 Å². The zero-order chi connectivity index (χ0) is 12.3. The van der Waals surface area contributed by atoms with Crippen LogP contribution in [-0.2, 0) is 0 Å². The van der Waals surface area contributed by atoms with Crippen LogP contribution in [-0.4, -0.2) is 5.09 Å². The van der Waals surface area contributed by atoms with Crippen LogP contribution in [0.5, 0.6) is 0 Å². The first kappa shape index (κ1) is 18.4. The van der Waals surface area contributed by atoms with Crippen LogP contribution in [0.3, 0.4) is 0 Å². The molecule has 4 nitrogen and oxygen atoms in total. The van der Waals surface area contributed by atoms with E-state index in [1.54, 1.807) is 0 Å². The smallest absolute Gasteiger partial charge is 0.317 e. The maximum atomic E-state index is 10.7. The number of nitrogens with zero attached hydrogens (tertiary/aromatic N) is 1. The summed E-state index contributed by atoms with van der Waals surface area (Å²) in [4.78, 5) is 8.25. The molecule has 0 aliphatic rings. The van der Waals surface area contributed by atoms with E-state index in [2.05, 4.69) is 18.2 Å². The summed E-state index contributed by atoms with van der Waals surface area (Å²) in [5.74, 6) is 0. The molecule has 0 radical (unpaired) electrons. The van der Waals surface area contributed by atoms with Crippen molar-refractivity contribution < 1.29 is 27.0 Å². The van der Waals surface area contributed by atoms with Crippen molar-refractivity contribution >= 4 is 11.6 Å². The van der Waals surface area contributed by atoms with E-state index in [0.29, 0.717) is 0 Å². The van der Waals surface area contributed by atoms with Crippen molar-refractivity contribution in [3.05, 3.63) is 39.3 Å². The van der Waals surface area contributed by atoms with Crippen LogP contribution in [0.25, 0.3) is 0 Å². The molecule has 0 unspecified atom stereocenters. The van der Waals surface area contributed by atoms with Crippen LogP contribution in [0.2, 0.25) is 0 Å². The molecular weight excluding hydrogens is 240 g/mol. The molecule has 0 N–H and O–H groups in total. The van der Waals surface area contributed by atoms with E-state index in [9.17, 15) is 22.0 Å². The second kappa shape index (κ2) is 11.6. The Hall–Kier alpha value is -1.38. The normalized spacial score (nSPS) is 7.00. The average molecular weight is 243 g/mol. The minimum Gasteiger partial charge on any atom is -0.356 e. The lowest BCUT2D eigenvalue weighted by atomic mass is 11.1. The first-order valence-corrected chi connectivity index (χ1v) is 2.66. The van der Waals surface area contributed by atoms with Gasteiger partial charge in [-0.1, -0.05) is 0 Å². The number of hydrogen-bond acceptors (Lipinski definition) is 3. The molecule has 0 amide bonds. The Morgan fingerprint density at radius 2 is 1.21 bits per heavy atom. The fourth-order valence-corrected chi connectivity index (χ4v) is 0. The molecule has 84 valence electrons. The van der Waals surface area contributed by atoms with Gasteiger partial charge in [0.05, 0.1) is 5.09 Å². The molecule has 0 saturated heterocycles. The van der Waals surface area contributed by atoms with E-state index >= 15 is 0 Å². The minimum absolute atomic E-state index is 1.75. The highest BCUT2D eigenvalue weighted by atomic mass is 35.5. The molecule has 0 saturated carbocycles. The molecule has 0 aromatic rings. The first-order valence-electron chi connectivity index (χ1n) is 2.29. The summed E-state index contributed by atoms with van der Waals surface area (Å²) in [5, 5.41) is 12.8. The summed E-state index contributed by atoms with van der Waals surface area (Å²) in [7, 11) is 0. The monoisotopic (exact) mass is 242 g/mol. The Morgan fingerprint density at radius 1 is 1.14 bits per heavy atom. The molecular formula is C4H2ClF5NO3-. The Balaban J connectivity index is -0.000000135. The molecule has 0 aliphatic carbocycles. The molecule has 0 aliphatic heterocycles. The van der Waals surface area contributed by atoms with Gasteiger partial charge in [0.15, 0.2) is 0 Å². The summed E-state index contributed by atoms with van der Waals surface area (Å²) in [6.07, 6.45) is -4.31. The second-order valence-electron chi connectivity index (χ2n) is 1.08. The summed E-state index contributed by atoms with van der Waals surface area (Å²) in [6, 6.07) is 0. The quantitative estimate of drug-likeness (QED) is 0.371. The van der Waals surface area contributed by atoms with Gasteiger partial charge >= 0.3 is 6.08 Å². The average Bonchev–Trinajstić information content (AvgIpc) is 1.83. The van der Waals surface area contributed by atoms with E-state index < -0.39 is 22.5 Å². The van der Waals surface area contributed by atoms with E-state index in [4.69, 9.17) is 15.3 Å². The Bertz CT molecular complexity index is 183. The van der Waals surface area contributed by atoms with E-state index in [-0.39, 0.29) is 0 Å². The zero-order valence-electron chi connectivity index (χ0n) is 6.15. The van der Waals surface area contributed by atoms with Gasteiger partial charge in [0, 0.05) is 0 Å². The second-order valence-corrected chi connectivity index (χ2v) is 1.41. The van der Waals surface area contributed by atoms with Crippen molar-refractivity contribution in [2.75, 3.05) is 0 Å². The SMILES string of the molecule is C=C(F)F.FC(F)=C(F)Cl.O=[N+]([O-])[O-]. The van der Waals surface area contributed by atoms with Gasteiger partial charge in [-0.15, -0.1) is 0 Å². The van der Waals surface area contributed by atoms with Gasteiger partial charge in [-0.25, -0.2) is 0 Å². The lowest BCUT2D eigenvalue weighted by Crippen LogP contribution is -1.74. The summed E-state index contributed by atoms with van der Waals surface area (Å²) >= 11 is 4.08. The molecule has 14 heavy (non-hydrogen) atoms. The lowest BCUT2D eigenvalue weighted by Gasteiger charge is -1.74. The number of halogens is 6. The van der Waals surface area contributed by atoms with Crippen LogP contribution in [0.15, 0.2) is 24.0 Å². The standard InChI is InChI=1S/C2ClF3.C2H2F2.NO3/c3-1(4)2(5)6;1-2(3)4;2-1(3)4/h;1H2;/q;;-1. The molecule has 0 heterocycles. The summed E-state index contributed by atoms with van der Waals surface area (Å²) in [5.41, 5.74) is 0. The van der Waals surface area contributed by atoms with E-state index in [1.807, 2.05) is 0 Å². The Kier molecular flexibility index (Phi) is 15.3. The topological polar surface area (TPSA) is 66.2 Å². The highest BCUT2D eigenvalue weighted by molar-refractivity contribution is 6.28. The fraction of sp³-hybridized carbons (Fsp3) is 0. The highest BCUT2D eigenvalue weighted by Gasteiger charge is 1.95. The van der Waals surface area contributed by atoms with Crippen molar-refractivity contribution in [2.24, 2.45) is 0 Å². The third kappa shape index (κ3) is 143. The predicted octanol–water partition coefficient (Wildman–Crippen LogP) is 3.42. The van der Waals surface area contributed by atoms with Crippen LogP contribution < -0.4 is 0 Å². The number of rotatable bonds is 0. The van der Waals surface area contributed by atoms with Crippen molar-refractivity contribution in [3.63, 3.8) is 0 Å². The van der Waals surface area contributed by atoms with Crippen LogP contribution >= 0.6 is 11.6 Å². The molecule has 0 aromatic carbocycles. The van der Waals surface area contributed by atoms with Gasteiger partial charge in [0.25, 0.3) is 11.4 Å². The van der Waals surface area contributed by atoms with Gasteiger partial charge in [-0.2, -0.15) is 22.0 Å². The summed E-state index contributed by atoms with van der Waals surface area (Å²) in [6.45, 7) is 2.22. The largest absolute Gasteiger partial charge is 0.356 e. The molecule has 0 rings (SSSR count). The maximum absolute atomic E-state index is 10.7. The molecule has 0 aromatic heterocycles. The van der Waals surface area contributed by atoms with Gasteiger partial charge in [0.2, 0.25) is 0 Å². The molecule has 0 bridgehead atoms. The van der Waals surface area contributed by atoms with Crippen LogP contribution in [0.4, 0.5) is 22.0 Å². The first-order chi connectivity index (χ1) is 6.11. The molecule has 10 heteroatoms. The molecule has 0 spiro atoms. The lowest BCUT2D eigenvalue weighted by molar-refractivity contribution is -0.402. The fourth-order valence-electron chi connectivity index (χ4n) is 0. The third-order valence-corrected chi connectivity index (χ3v) is 0.286. The maximum Gasteiger partial charge on any atom is 0.317 e. The Labute approximate surface area is 79.0 Å². The van der Waals surface area contributed by atoms with E-state index in [0.717, 1.165) is 0 Å². The van der Waals surface area contributed by atoms with Crippen molar-refractivity contribution in [3.8, 4) is 0 Å². The minimum atomic E-state index is -2.48. The van der Waals surface area contributed by atoms with E-state index in [1.165, 1.54) is 0 Å². The number of hydrogen-bond donors (Lipinski definition) is 0. The van der Waals surface area contributed by atoms with Gasteiger partial charge in [0.1, 0.15) is 0 Å². The van der Waals surface area contributed by atoms with Crippen LogP contribution in [0.1, 0.15) is 0 Å². The zero-order valence-corrected chi connectivity index (χ0v) is 6.90. The summed E-state index contributed by atoms with van der Waals surface area (Å²) < 4.78 is 52.1.